The SMILES string of the molecule is Cc1nc(C#N)c(N)nc1NCc1nnc2cccnn12. The molecule has 9 heteroatoms. The normalized spacial score (nSPS) is 10.5. The van der Waals surface area contributed by atoms with Crippen LogP contribution in [0, 0.1) is 18.3 Å². The molecular weight excluding hydrogens is 270 g/mol. The van der Waals surface area contributed by atoms with Crippen molar-refractivity contribution < 1.29 is 0 Å². The molecule has 21 heavy (non-hydrogen) atoms. The largest absolute Gasteiger partial charge is 0.381 e. The molecule has 0 unspecified atom stereocenters. The molecule has 0 atom stereocenters. The molecule has 0 radical (unpaired) electrons. The molecule has 3 aromatic heterocycles. The fourth-order valence-corrected chi connectivity index (χ4v) is 1.84. The van der Waals surface area contributed by atoms with E-state index in [2.05, 4.69) is 30.6 Å². The third-order valence-corrected chi connectivity index (χ3v) is 2.86. The van der Waals surface area contributed by atoms with E-state index in [4.69, 9.17) is 11.0 Å². The van der Waals surface area contributed by atoms with Crippen molar-refractivity contribution in [1.29, 1.82) is 5.26 Å². The number of aryl methyl sites for hydroxylation is 1. The van der Waals surface area contributed by atoms with E-state index >= 15 is 0 Å². The van der Waals surface area contributed by atoms with Crippen LogP contribution in [0.5, 0.6) is 0 Å². The van der Waals surface area contributed by atoms with Crippen LogP contribution in [0.15, 0.2) is 18.3 Å². The number of aromatic nitrogens is 6. The molecule has 0 spiro atoms. The van der Waals surface area contributed by atoms with Gasteiger partial charge in [-0.1, -0.05) is 0 Å². The molecule has 3 rings (SSSR count). The van der Waals surface area contributed by atoms with Crippen LogP contribution in [0.4, 0.5) is 11.6 Å². The first kappa shape index (κ1) is 12.7. The van der Waals surface area contributed by atoms with Gasteiger partial charge in [-0.2, -0.15) is 14.9 Å². The predicted molar refractivity (Wildman–Crippen MR) is 74.0 cm³/mol. The van der Waals surface area contributed by atoms with Crippen LogP contribution >= 0.6 is 0 Å². The number of nitriles is 1. The zero-order chi connectivity index (χ0) is 14.8. The maximum absolute atomic E-state index is 8.85. The Morgan fingerprint density at radius 3 is 3.05 bits per heavy atom. The van der Waals surface area contributed by atoms with Crippen molar-refractivity contribution in [2.75, 3.05) is 11.1 Å². The van der Waals surface area contributed by atoms with Crippen molar-refractivity contribution in [2.24, 2.45) is 0 Å². The van der Waals surface area contributed by atoms with Gasteiger partial charge in [-0.3, -0.25) is 0 Å². The average molecular weight is 281 g/mol. The highest BCUT2D eigenvalue weighted by molar-refractivity contribution is 5.52. The van der Waals surface area contributed by atoms with Crippen molar-refractivity contribution in [3.05, 3.63) is 35.5 Å². The zero-order valence-electron chi connectivity index (χ0n) is 11.1. The summed E-state index contributed by atoms with van der Waals surface area (Å²) in [5.74, 6) is 1.23. The maximum atomic E-state index is 8.85. The maximum Gasteiger partial charge on any atom is 0.183 e. The summed E-state index contributed by atoms with van der Waals surface area (Å²) >= 11 is 0. The van der Waals surface area contributed by atoms with Crippen LogP contribution in [-0.2, 0) is 6.54 Å². The summed E-state index contributed by atoms with van der Waals surface area (Å²) in [7, 11) is 0. The number of fused-ring (bicyclic) bond motifs is 1. The molecule has 0 aliphatic heterocycles. The molecule has 3 heterocycles. The molecule has 0 amide bonds. The van der Waals surface area contributed by atoms with Crippen molar-refractivity contribution in [3.63, 3.8) is 0 Å². The van der Waals surface area contributed by atoms with E-state index in [1.165, 1.54) is 0 Å². The van der Waals surface area contributed by atoms with E-state index in [0.717, 1.165) is 0 Å². The molecule has 9 nitrogen and oxygen atoms in total. The van der Waals surface area contributed by atoms with Crippen LogP contribution in [-0.4, -0.2) is 29.8 Å². The molecule has 0 aliphatic rings. The molecule has 3 aromatic rings. The van der Waals surface area contributed by atoms with E-state index in [1.807, 2.05) is 12.1 Å². The van der Waals surface area contributed by atoms with Crippen molar-refractivity contribution in [1.82, 2.24) is 29.8 Å². The first-order valence-corrected chi connectivity index (χ1v) is 6.12. The first-order valence-electron chi connectivity index (χ1n) is 6.12. The van der Waals surface area contributed by atoms with Gasteiger partial charge in [0.25, 0.3) is 0 Å². The molecule has 0 aromatic carbocycles. The van der Waals surface area contributed by atoms with Crippen LogP contribution in [0.1, 0.15) is 17.2 Å². The van der Waals surface area contributed by atoms with Crippen molar-refractivity contribution in [3.8, 4) is 6.07 Å². The van der Waals surface area contributed by atoms with Gasteiger partial charge in [0.1, 0.15) is 11.9 Å². The average Bonchev–Trinajstić information content (AvgIpc) is 2.91. The van der Waals surface area contributed by atoms with Gasteiger partial charge in [0.2, 0.25) is 0 Å². The highest BCUT2D eigenvalue weighted by Crippen LogP contribution is 2.15. The summed E-state index contributed by atoms with van der Waals surface area (Å²) in [6.07, 6.45) is 1.66. The van der Waals surface area contributed by atoms with E-state index in [9.17, 15) is 0 Å². The number of anilines is 2. The molecule has 3 N–H and O–H groups in total. The monoisotopic (exact) mass is 281 g/mol. The smallest absolute Gasteiger partial charge is 0.183 e. The van der Waals surface area contributed by atoms with Crippen LogP contribution < -0.4 is 11.1 Å². The third kappa shape index (κ3) is 2.30. The van der Waals surface area contributed by atoms with Crippen molar-refractivity contribution >= 4 is 17.3 Å². The molecular formula is C12H11N9. The van der Waals surface area contributed by atoms with Gasteiger partial charge in [0.05, 0.1) is 12.2 Å². The van der Waals surface area contributed by atoms with Gasteiger partial charge in [-0.25, -0.2) is 9.97 Å². The Hall–Kier alpha value is -3.28. The standard InChI is InChI=1S/C12H11N9/c1-7-12(18-11(14)8(5-13)17-7)15-6-10-20-19-9-3-2-4-16-21(9)10/h2-4H,6H2,1H3,(H3,14,15,18). The molecule has 0 saturated carbocycles. The fraction of sp³-hybridized carbons (Fsp3) is 0.167. The Kier molecular flexibility index (Phi) is 3.04. The topological polar surface area (TPSA) is 131 Å². The van der Waals surface area contributed by atoms with Gasteiger partial charge in [0, 0.05) is 6.20 Å². The Morgan fingerprint density at radius 1 is 1.38 bits per heavy atom. The number of nitrogen functional groups attached to an aromatic ring is 1. The summed E-state index contributed by atoms with van der Waals surface area (Å²) in [5.41, 5.74) is 7.03. The van der Waals surface area contributed by atoms with E-state index in [-0.39, 0.29) is 11.5 Å². The fourth-order valence-electron chi connectivity index (χ4n) is 1.84. The second kappa shape index (κ2) is 5.01. The Bertz CT molecular complexity index is 846. The lowest BCUT2D eigenvalue weighted by Crippen LogP contribution is -2.10. The van der Waals surface area contributed by atoms with Gasteiger partial charge in [-0.15, -0.1) is 10.2 Å². The lowest BCUT2D eigenvalue weighted by Gasteiger charge is -2.08. The summed E-state index contributed by atoms with van der Waals surface area (Å²) in [4.78, 5) is 8.21. The van der Waals surface area contributed by atoms with Crippen LogP contribution in [0.3, 0.4) is 0 Å². The van der Waals surface area contributed by atoms with Crippen molar-refractivity contribution in [2.45, 2.75) is 13.5 Å². The van der Waals surface area contributed by atoms with Crippen LogP contribution in [0.25, 0.3) is 5.65 Å². The number of rotatable bonds is 3. The van der Waals surface area contributed by atoms with E-state index < -0.39 is 0 Å². The van der Waals surface area contributed by atoms with E-state index in [0.29, 0.717) is 29.5 Å². The lowest BCUT2D eigenvalue weighted by molar-refractivity contribution is 0.824. The quantitative estimate of drug-likeness (QED) is 0.700. The molecule has 0 bridgehead atoms. The zero-order valence-corrected chi connectivity index (χ0v) is 11.1. The number of nitrogens with two attached hydrogens (primary N) is 1. The Balaban J connectivity index is 1.85. The minimum absolute atomic E-state index is 0.0924. The first-order chi connectivity index (χ1) is 10.2. The van der Waals surface area contributed by atoms with Gasteiger partial charge < -0.3 is 11.1 Å². The lowest BCUT2D eigenvalue weighted by atomic mass is 10.3. The Labute approximate surface area is 119 Å². The molecule has 0 saturated heterocycles. The number of hydrogen-bond donors (Lipinski definition) is 2. The highest BCUT2D eigenvalue weighted by atomic mass is 15.4. The molecule has 0 aliphatic carbocycles. The minimum Gasteiger partial charge on any atom is -0.381 e. The highest BCUT2D eigenvalue weighted by Gasteiger charge is 2.10. The summed E-state index contributed by atoms with van der Waals surface area (Å²) in [6, 6.07) is 5.50. The number of nitrogens with one attached hydrogen (secondary N) is 1. The van der Waals surface area contributed by atoms with Gasteiger partial charge >= 0.3 is 0 Å². The van der Waals surface area contributed by atoms with Gasteiger partial charge in [-0.05, 0) is 19.1 Å². The second-order valence-corrected chi connectivity index (χ2v) is 4.27. The number of hydrogen-bond acceptors (Lipinski definition) is 8. The van der Waals surface area contributed by atoms with Crippen LogP contribution in [0.2, 0.25) is 0 Å². The number of nitrogens with zero attached hydrogens (tertiary/aromatic N) is 7. The summed E-state index contributed by atoms with van der Waals surface area (Å²) in [6.45, 7) is 2.11. The molecule has 0 fully saturated rings. The summed E-state index contributed by atoms with van der Waals surface area (Å²) < 4.78 is 1.63. The molecule has 104 valence electrons. The predicted octanol–water partition coefficient (Wildman–Crippen LogP) is 0.289. The van der Waals surface area contributed by atoms with Gasteiger partial charge in [0.15, 0.2) is 23.0 Å². The third-order valence-electron chi connectivity index (χ3n) is 2.86. The second-order valence-electron chi connectivity index (χ2n) is 4.27. The van der Waals surface area contributed by atoms with E-state index in [1.54, 1.807) is 23.7 Å². The Morgan fingerprint density at radius 2 is 2.24 bits per heavy atom. The minimum atomic E-state index is 0.0924. The summed E-state index contributed by atoms with van der Waals surface area (Å²) in [5, 5.41) is 24.1.